The number of rotatable bonds is 7. The van der Waals surface area contributed by atoms with E-state index >= 15 is 0 Å². The lowest BCUT2D eigenvalue weighted by Gasteiger charge is -2.25. The number of benzene rings is 2. The van der Waals surface area contributed by atoms with Crippen molar-refractivity contribution in [1.82, 2.24) is 15.8 Å². The second-order valence-electron chi connectivity index (χ2n) is 7.19. The fourth-order valence-electron chi connectivity index (χ4n) is 3.22. The third-order valence-electron chi connectivity index (χ3n) is 4.90. The van der Waals surface area contributed by atoms with E-state index in [1.807, 2.05) is 26.8 Å². The number of hydrogen-bond donors (Lipinski definition) is 2. The highest BCUT2D eigenvalue weighted by Crippen LogP contribution is 2.31. The molecule has 2 aromatic rings. The summed E-state index contributed by atoms with van der Waals surface area (Å²) in [6, 6.07) is 15.2. The molecule has 0 bridgehead atoms. The molecule has 29 heavy (non-hydrogen) atoms. The third-order valence-corrected chi connectivity index (χ3v) is 4.90. The molecule has 1 saturated heterocycles. The number of ether oxygens (including phenoxy) is 1. The normalized spacial score (nSPS) is 18.8. The first-order chi connectivity index (χ1) is 13.9. The van der Waals surface area contributed by atoms with Crippen LogP contribution >= 0.6 is 0 Å². The molecule has 0 aromatic heterocycles. The van der Waals surface area contributed by atoms with Gasteiger partial charge in [0, 0.05) is 5.56 Å². The monoisotopic (exact) mass is 395 g/mol. The number of nitrogens with zero attached hydrogens (tertiary/aromatic N) is 1. The molecular formula is C22H25N3O4. The number of nitrogens with one attached hydrogen (secondary N) is 2. The fourth-order valence-corrected chi connectivity index (χ4v) is 3.22. The lowest BCUT2D eigenvalue weighted by Crippen LogP contribution is -2.48. The van der Waals surface area contributed by atoms with Crippen LogP contribution in [0.3, 0.4) is 0 Å². The topological polar surface area (TPSA) is 87.7 Å². The van der Waals surface area contributed by atoms with Gasteiger partial charge >= 0.3 is 6.03 Å². The number of amides is 4. The summed E-state index contributed by atoms with van der Waals surface area (Å²) in [6.07, 6.45) is 0.472. The molecule has 1 atom stereocenters. The van der Waals surface area contributed by atoms with Crippen molar-refractivity contribution < 1.29 is 19.1 Å². The Morgan fingerprint density at radius 3 is 2.34 bits per heavy atom. The predicted octanol–water partition coefficient (Wildman–Crippen LogP) is 3.11. The molecule has 0 radical (unpaired) electrons. The SMILES string of the molecule is CC[C@]1(c2ccccc2)NC(=O)N(NC(=O)c2ccc(COC(C)C)cc2)C1=O. The zero-order chi connectivity index (χ0) is 21.0. The Morgan fingerprint density at radius 1 is 1.10 bits per heavy atom. The van der Waals surface area contributed by atoms with Gasteiger partial charge in [-0.25, -0.2) is 4.79 Å². The molecule has 0 spiro atoms. The first kappa shape index (κ1) is 20.5. The highest BCUT2D eigenvalue weighted by Gasteiger charge is 2.52. The summed E-state index contributed by atoms with van der Waals surface area (Å²) in [5.41, 5.74) is 3.18. The smallest absolute Gasteiger partial charge is 0.344 e. The Morgan fingerprint density at radius 2 is 1.76 bits per heavy atom. The maximum Gasteiger partial charge on any atom is 0.344 e. The third kappa shape index (κ3) is 4.14. The van der Waals surface area contributed by atoms with Crippen LogP contribution < -0.4 is 10.7 Å². The Balaban J connectivity index is 1.74. The van der Waals surface area contributed by atoms with E-state index in [1.54, 1.807) is 48.5 Å². The van der Waals surface area contributed by atoms with Gasteiger partial charge in [0.1, 0.15) is 5.54 Å². The summed E-state index contributed by atoms with van der Waals surface area (Å²) >= 11 is 0. The van der Waals surface area contributed by atoms with Crippen molar-refractivity contribution in [3.63, 3.8) is 0 Å². The van der Waals surface area contributed by atoms with Crippen molar-refractivity contribution in [2.75, 3.05) is 0 Å². The van der Waals surface area contributed by atoms with Gasteiger partial charge in [-0.3, -0.25) is 15.0 Å². The van der Waals surface area contributed by atoms with Crippen molar-refractivity contribution >= 4 is 17.8 Å². The maximum atomic E-state index is 13.1. The summed E-state index contributed by atoms with van der Waals surface area (Å²) in [5, 5.41) is 3.49. The molecule has 152 valence electrons. The van der Waals surface area contributed by atoms with E-state index in [9.17, 15) is 14.4 Å². The Labute approximate surface area is 170 Å². The van der Waals surface area contributed by atoms with Gasteiger partial charge in [-0.05, 0) is 43.5 Å². The van der Waals surface area contributed by atoms with Crippen LogP contribution in [0.4, 0.5) is 4.79 Å². The zero-order valence-corrected chi connectivity index (χ0v) is 16.8. The number of hydrogen-bond acceptors (Lipinski definition) is 4. The average Bonchev–Trinajstić information content (AvgIpc) is 2.98. The lowest BCUT2D eigenvalue weighted by molar-refractivity contribution is -0.133. The lowest BCUT2D eigenvalue weighted by atomic mass is 9.87. The van der Waals surface area contributed by atoms with Crippen LogP contribution in [-0.2, 0) is 21.7 Å². The molecule has 2 aromatic carbocycles. The second kappa shape index (κ2) is 8.45. The highest BCUT2D eigenvalue weighted by atomic mass is 16.5. The van der Waals surface area contributed by atoms with E-state index in [0.717, 1.165) is 10.6 Å². The number of carbonyl (C=O) groups excluding carboxylic acids is 3. The van der Waals surface area contributed by atoms with Crippen LogP contribution in [0.15, 0.2) is 54.6 Å². The van der Waals surface area contributed by atoms with Crippen molar-refractivity contribution in [1.29, 1.82) is 0 Å². The molecule has 3 rings (SSSR count). The number of hydrazine groups is 1. The largest absolute Gasteiger partial charge is 0.374 e. The maximum absolute atomic E-state index is 13.1. The number of urea groups is 1. The first-order valence-electron chi connectivity index (χ1n) is 9.61. The molecule has 1 heterocycles. The summed E-state index contributed by atoms with van der Waals surface area (Å²) in [6.45, 7) is 6.16. The van der Waals surface area contributed by atoms with Crippen LogP contribution in [-0.4, -0.2) is 29.0 Å². The van der Waals surface area contributed by atoms with E-state index in [2.05, 4.69) is 10.7 Å². The quantitative estimate of drug-likeness (QED) is 0.705. The van der Waals surface area contributed by atoms with Gasteiger partial charge < -0.3 is 10.1 Å². The molecule has 2 N–H and O–H groups in total. The van der Waals surface area contributed by atoms with Gasteiger partial charge in [0.2, 0.25) is 0 Å². The number of imide groups is 1. The van der Waals surface area contributed by atoms with E-state index in [4.69, 9.17) is 4.74 Å². The van der Waals surface area contributed by atoms with Gasteiger partial charge in [-0.2, -0.15) is 5.01 Å². The van der Waals surface area contributed by atoms with Crippen LogP contribution in [0.5, 0.6) is 0 Å². The van der Waals surface area contributed by atoms with E-state index in [1.165, 1.54) is 0 Å². The van der Waals surface area contributed by atoms with Crippen LogP contribution in [0.25, 0.3) is 0 Å². The van der Waals surface area contributed by atoms with Gasteiger partial charge in [-0.15, -0.1) is 0 Å². The molecular weight excluding hydrogens is 370 g/mol. The minimum absolute atomic E-state index is 0.112. The Bertz CT molecular complexity index is 896. The standard InChI is InChI=1S/C22H25N3O4/c1-4-22(18-8-6-5-7-9-18)20(27)25(21(28)23-22)24-19(26)17-12-10-16(11-13-17)14-29-15(2)3/h5-13,15H,4,14H2,1-3H3,(H,23,28)(H,24,26)/t22-/m1/s1. The van der Waals surface area contributed by atoms with Crippen molar-refractivity contribution in [2.24, 2.45) is 0 Å². The van der Waals surface area contributed by atoms with Gasteiger partial charge in [-0.1, -0.05) is 49.4 Å². The summed E-state index contributed by atoms with van der Waals surface area (Å²) in [7, 11) is 0. The Hall–Kier alpha value is -3.19. The molecule has 7 heteroatoms. The van der Waals surface area contributed by atoms with Crippen LogP contribution in [0.2, 0.25) is 0 Å². The van der Waals surface area contributed by atoms with Crippen LogP contribution in [0, 0.1) is 0 Å². The predicted molar refractivity (Wildman–Crippen MR) is 108 cm³/mol. The molecule has 1 aliphatic rings. The van der Waals surface area contributed by atoms with E-state index in [-0.39, 0.29) is 6.10 Å². The second-order valence-corrected chi connectivity index (χ2v) is 7.19. The first-order valence-corrected chi connectivity index (χ1v) is 9.61. The molecule has 0 saturated carbocycles. The van der Waals surface area contributed by atoms with E-state index in [0.29, 0.717) is 24.2 Å². The fraction of sp³-hybridized carbons (Fsp3) is 0.318. The molecule has 1 aliphatic heterocycles. The molecule has 7 nitrogen and oxygen atoms in total. The highest BCUT2D eigenvalue weighted by molar-refractivity contribution is 6.09. The molecule has 0 unspecified atom stereocenters. The molecule has 1 fully saturated rings. The zero-order valence-electron chi connectivity index (χ0n) is 16.8. The van der Waals surface area contributed by atoms with Crippen molar-refractivity contribution in [2.45, 2.75) is 45.4 Å². The van der Waals surface area contributed by atoms with Gasteiger partial charge in [0.25, 0.3) is 11.8 Å². The van der Waals surface area contributed by atoms with Crippen molar-refractivity contribution in [3.05, 3.63) is 71.3 Å². The van der Waals surface area contributed by atoms with Gasteiger partial charge in [0.15, 0.2) is 0 Å². The summed E-state index contributed by atoms with van der Waals surface area (Å²) in [4.78, 5) is 38.1. The minimum Gasteiger partial charge on any atom is -0.374 e. The molecule has 4 amide bonds. The number of carbonyl (C=O) groups is 3. The van der Waals surface area contributed by atoms with Crippen molar-refractivity contribution in [3.8, 4) is 0 Å². The summed E-state index contributed by atoms with van der Waals surface area (Å²) < 4.78 is 5.53. The van der Waals surface area contributed by atoms with Gasteiger partial charge in [0.05, 0.1) is 12.7 Å². The minimum atomic E-state index is -1.19. The average molecular weight is 395 g/mol. The Kier molecular flexibility index (Phi) is 5.98. The van der Waals surface area contributed by atoms with Crippen LogP contribution in [0.1, 0.15) is 48.7 Å². The van der Waals surface area contributed by atoms with E-state index < -0.39 is 23.4 Å². The summed E-state index contributed by atoms with van der Waals surface area (Å²) in [5.74, 6) is -1.05. The molecule has 0 aliphatic carbocycles.